The van der Waals surface area contributed by atoms with E-state index in [9.17, 15) is 0 Å². The molecule has 4 heteroatoms. The third-order valence-corrected chi connectivity index (χ3v) is 3.76. The van der Waals surface area contributed by atoms with E-state index in [1.54, 1.807) is 7.11 Å². The van der Waals surface area contributed by atoms with Crippen LogP contribution in [-0.4, -0.2) is 50.8 Å². The molecule has 1 aromatic carbocycles. The van der Waals surface area contributed by atoms with Gasteiger partial charge in [-0.25, -0.2) is 0 Å². The minimum Gasteiger partial charge on any atom is -0.493 e. The highest BCUT2D eigenvalue weighted by atomic mass is 16.5. The van der Waals surface area contributed by atoms with E-state index in [-0.39, 0.29) is 6.10 Å². The van der Waals surface area contributed by atoms with E-state index in [0.29, 0.717) is 0 Å². The molecule has 0 unspecified atom stereocenters. The zero-order valence-corrected chi connectivity index (χ0v) is 13.5. The smallest absolute Gasteiger partial charge is 0.163 e. The van der Waals surface area contributed by atoms with E-state index >= 15 is 0 Å². The molecule has 1 aromatic rings. The number of rotatable bonds is 7. The lowest BCUT2D eigenvalue weighted by Crippen LogP contribution is -2.43. The van der Waals surface area contributed by atoms with Gasteiger partial charge in [-0.1, -0.05) is 12.1 Å². The Bertz CT molecular complexity index is 429. The van der Waals surface area contributed by atoms with Gasteiger partial charge in [-0.3, -0.25) is 0 Å². The predicted octanol–water partition coefficient (Wildman–Crippen LogP) is 2.32. The Kier molecular flexibility index (Phi) is 6.33. The summed E-state index contributed by atoms with van der Waals surface area (Å²) < 4.78 is 11.4. The summed E-state index contributed by atoms with van der Waals surface area (Å²) in [6, 6.07) is 6.18. The first-order chi connectivity index (χ1) is 10.2. The highest BCUT2D eigenvalue weighted by Crippen LogP contribution is 2.32. The van der Waals surface area contributed by atoms with E-state index < -0.39 is 0 Å². The summed E-state index contributed by atoms with van der Waals surface area (Å²) in [7, 11) is 1.72. The second kappa shape index (κ2) is 8.25. The van der Waals surface area contributed by atoms with Gasteiger partial charge in [0.05, 0.1) is 13.2 Å². The summed E-state index contributed by atoms with van der Waals surface area (Å²) in [5.74, 6) is 1.75. The van der Waals surface area contributed by atoms with Crippen LogP contribution in [-0.2, 0) is 6.42 Å². The van der Waals surface area contributed by atoms with Gasteiger partial charge in [-0.05, 0) is 44.9 Å². The van der Waals surface area contributed by atoms with Crippen molar-refractivity contribution in [2.45, 2.75) is 32.8 Å². The summed E-state index contributed by atoms with van der Waals surface area (Å²) >= 11 is 0. The zero-order chi connectivity index (χ0) is 15.1. The Morgan fingerprint density at radius 1 is 1.24 bits per heavy atom. The van der Waals surface area contributed by atoms with Crippen molar-refractivity contribution >= 4 is 0 Å². The third-order valence-electron chi connectivity index (χ3n) is 3.76. The number of aryl methyl sites for hydroxylation is 1. The molecule has 21 heavy (non-hydrogen) atoms. The Morgan fingerprint density at radius 2 is 2.00 bits per heavy atom. The van der Waals surface area contributed by atoms with Crippen molar-refractivity contribution in [3.63, 3.8) is 0 Å². The molecular formula is C17H28N2O2. The fraction of sp³-hybridized carbons (Fsp3) is 0.647. The lowest BCUT2D eigenvalue weighted by molar-refractivity contribution is 0.228. The Hall–Kier alpha value is -1.26. The molecule has 118 valence electrons. The molecule has 4 nitrogen and oxygen atoms in total. The number of para-hydroxylation sites is 1. The largest absolute Gasteiger partial charge is 0.493 e. The van der Waals surface area contributed by atoms with Crippen LogP contribution in [0.5, 0.6) is 11.5 Å². The van der Waals surface area contributed by atoms with Crippen molar-refractivity contribution in [1.29, 1.82) is 0 Å². The van der Waals surface area contributed by atoms with Crippen molar-refractivity contribution in [3.8, 4) is 11.5 Å². The number of hydrogen-bond acceptors (Lipinski definition) is 4. The van der Waals surface area contributed by atoms with E-state index in [2.05, 4.69) is 22.3 Å². The summed E-state index contributed by atoms with van der Waals surface area (Å²) in [5.41, 5.74) is 1.24. The van der Waals surface area contributed by atoms with Crippen LogP contribution < -0.4 is 14.8 Å². The summed E-state index contributed by atoms with van der Waals surface area (Å²) in [4.78, 5) is 2.53. The van der Waals surface area contributed by atoms with Gasteiger partial charge in [0.25, 0.3) is 0 Å². The molecule has 0 atom stereocenters. The molecule has 0 aromatic heterocycles. The van der Waals surface area contributed by atoms with E-state index in [0.717, 1.165) is 57.1 Å². The highest BCUT2D eigenvalue weighted by Gasteiger charge is 2.13. The minimum absolute atomic E-state index is 0.162. The van der Waals surface area contributed by atoms with Crippen molar-refractivity contribution in [1.82, 2.24) is 10.2 Å². The maximum Gasteiger partial charge on any atom is 0.163 e. The second-order valence-electron chi connectivity index (χ2n) is 5.81. The third kappa shape index (κ3) is 4.90. The average Bonchev–Trinajstić information content (AvgIpc) is 2.48. The van der Waals surface area contributed by atoms with Crippen LogP contribution in [0.2, 0.25) is 0 Å². The number of piperazine rings is 1. The summed E-state index contributed by atoms with van der Waals surface area (Å²) in [6.07, 6.45) is 2.35. The molecule has 1 fully saturated rings. The standard InChI is InChI=1S/C17H28N2O2/c1-14(2)21-16-8-4-6-15(17(16)20-3)7-5-11-19-12-9-18-10-13-19/h4,6,8,14,18H,5,7,9-13H2,1-3H3. The predicted molar refractivity (Wildman–Crippen MR) is 86.4 cm³/mol. The van der Waals surface area contributed by atoms with Crippen LogP contribution in [0, 0.1) is 0 Å². The van der Waals surface area contributed by atoms with Gasteiger partial charge in [-0.2, -0.15) is 0 Å². The Labute approximate surface area is 128 Å². The number of hydrogen-bond donors (Lipinski definition) is 1. The first-order valence-corrected chi connectivity index (χ1v) is 7.96. The molecule has 2 rings (SSSR count). The fourth-order valence-electron chi connectivity index (χ4n) is 2.76. The monoisotopic (exact) mass is 292 g/mol. The number of methoxy groups -OCH3 is 1. The van der Waals surface area contributed by atoms with Gasteiger partial charge in [0.2, 0.25) is 0 Å². The molecule has 0 spiro atoms. The van der Waals surface area contributed by atoms with E-state index in [1.807, 2.05) is 19.9 Å². The highest BCUT2D eigenvalue weighted by molar-refractivity contribution is 5.46. The van der Waals surface area contributed by atoms with E-state index in [4.69, 9.17) is 9.47 Å². The van der Waals surface area contributed by atoms with E-state index in [1.165, 1.54) is 5.56 Å². The first-order valence-electron chi connectivity index (χ1n) is 7.96. The number of nitrogens with zero attached hydrogens (tertiary/aromatic N) is 1. The molecular weight excluding hydrogens is 264 g/mol. The molecule has 0 bridgehead atoms. The zero-order valence-electron chi connectivity index (χ0n) is 13.5. The Balaban J connectivity index is 1.92. The van der Waals surface area contributed by atoms with Crippen LogP contribution >= 0.6 is 0 Å². The number of nitrogens with one attached hydrogen (secondary N) is 1. The molecule has 1 saturated heterocycles. The second-order valence-corrected chi connectivity index (χ2v) is 5.81. The van der Waals surface area contributed by atoms with Crippen LogP contribution in [0.3, 0.4) is 0 Å². The van der Waals surface area contributed by atoms with Crippen LogP contribution in [0.4, 0.5) is 0 Å². The molecule has 0 saturated carbocycles. The molecule has 1 heterocycles. The number of ether oxygens (including phenoxy) is 2. The molecule has 0 radical (unpaired) electrons. The van der Waals surface area contributed by atoms with Gasteiger partial charge in [0, 0.05) is 26.2 Å². The maximum atomic E-state index is 5.83. The van der Waals surface area contributed by atoms with Gasteiger partial charge in [0.15, 0.2) is 11.5 Å². The van der Waals surface area contributed by atoms with Crippen molar-refractivity contribution in [3.05, 3.63) is 23.8 Å². The molecule has 0 aliphatic carbocycles. The van der Waals surface area contributed by atoms with Crippen molar-refractivity contribution in [2.75, 3.05) is 39.8 Å². The van der Waals surface area contributed by atoms with Gasteiger partial charge >= 0.3 is 0 Å². The first kappa shape index (κ1) is 16.1. The van der Waals surface area contributed by atoms with Crippen molar-refractivity contribution in [2.24, 2.45) is 0 Å². The quantitative estimate of drug-likeness (QED) is 0.836. The average molecular weight is 292 g/mol. The van der Waals surface area contributed by atoms with Gasteiger partial charge < -0.3 is 19.7 Å². The lowest BCUT2D eigenvalue weighted by Gasteiger charge is -2.27. The van der Waals surface area contributed by atoms with Gasteiger partial charge in [0.1, 0.15) is 0 Å². The van der Waals surface area contributed by atoms with Crippen molar-refractivity contribution < 1.29 is 9.47 Å². The molecule has 0 amide bonds. The normalized spacial score (nSPS) is 16.2. The van der Waals surface area contributed by atoms with Crippen LogP contribution in [0.1, 0.15) is 25.8 Å². The molecule has 1 aliphatic heterocycles. The van der Waals surface area contributed by atoms with Gasteiger partial charge in [-0.15, -0.1) is 0 Å². The number of benzene rings is 1. The molecule has 1 N–H and O–H groups in total. The topological polar surface area (TPSA) is 33.7 Å². The molecule has 1 aliphatic rings. The summed E-state index contributed by atoms with van der Waals surface area (Å²) in [5, 5.41) is 3.39. The fourth-order valence-corrected chi connectivity index (χ4v) is 2.76. The minimum atomic E-state index is 0.162. The Morgan fingerprint density at radius 3 is 2.67 bits per heavy atom. The maximum absolute atomic E-state index is 5.83. The SMILES string of the molecule is COc1c(CCCN2CCNCC2)cccc1OC(C)C. The van der Waals surface area contributed by atoms with Crippen LogP contribution in [0.25, 0.3) is 0 Å². The van der Waals surface area contributed by atoms with Crippen LogP contribution in [0.15, 0.2) is 18.2 Å². The summed E-state index contributed by atoms with van der Waals surface area (Å²) in [6.45, 7) is 9.77. The lowest BCUT2D eigenvalue weighted by atomic mass is 10.1.